The number of aliphatic hydroxyl groups excluding tert-OH is 1. The van der Waals surface area contributed by atoms with Crippen LogP contribution in [0.4, 0.5) is 0 Å². The van der Waals surface area contributed by atoms with Crippen LogP contribution in [0.5, 0.6) is 0 Å². The molecule has 0 saturated carbocycles. The molecule has 28 nitrogen and oxygen atoms in total. The molecule has 2 aliphatic heterocycles. The molecule has 12 atom stereocenters. The second-order valence-corrected chi connectivity index (χ2v) is 28.6. The first kappa shape index (κ1) is 84.6. The van der Waals surface area contributed by atoms with Crippen molar-refractivity contribution in [2.75, 3.05) is 55.9 Å². The van der Waals surface area contributed by atoms with E-state index in [0.29, 0.717) is 5.06 Å². The number of nitrogens with zero attached hydrogens (tertiary/aromatic N) is 8. The Morgan fingerprint density at radius 2 is 0.917 bits per heavy atom. The predicted octanol–water partition coefficient (Wildman–Crippen LogP) is 2.64. The zero-order valence-corrected chi connectivity index (χ0v) is 61.5. The first-order valence-electron chi connectivity index (χ1n) is 33.9. The lowest BCUT2D eigenvalue weighted by Crippen LogP contribution is -2.63. The van der Waals surface area contributed by atoms with Gasteiger partial charge in [0.2, 0.25) is 65.0 Å². The Bertz CT molecular complexity index is 2770. The number of carbonyl (C=O) groups is 14. The second kappa shape index (κ2) is 38.4. The van der Waals surface area contributed by atoms with Crippen molar-refractivity contribution in [3.05, 3.63) is 12.2 Å². The number of allylic oxidation sites excluding steroid dienone is 2. The monoisotopic (exact) mass is 1360 g/mol. The lowest BCUT2D eigenvalue weighted by molar-refractivity contribution is -0.197. The third-order valence-electron chi connectivity index (χ3n) is 17.7. The van der Waals surface area contributed by atoms with E-state index in [-0.39, 0.29) is 87.9 Å². The molecule has 0 spiro atoms. The Kier molecular flexibility index (Phi) is 33.9. The van der Waals surface area contributed by atoms with Gasteiger partial charge in [-0.25, -0.2) is 4.79 Å². The number of aliphatic hydroxyl groups is 1. The Morgan fingerprint density at radius 1 is 0.479 bits per heavy atom. The van der Waals surface area contributed by atoms with E-state index in [2.05, 4.69) is 21.3 Å². The molecule has 13 amide bonds. The fourth-order valence-electron chi connectivity index (χ4n) is 11.8. The first-order valence-corrected chi connectivity index (χ1v) is 33.9. The minimum atomic E-state index is -1.76. The third kappa shape index (κ3) is 23.6. The number of likely N-dealkylation sites (N-methyl/N-ethyl adjacent to an activating group) is 7. The van der Waals surface area contributed by atoms with Gasteiger partial charge in [-0.05, 0) is 100 Å². The van der Waals surface area contributed by atoms with E-state index in [1.54, 1.807) is 53.7 Å². The van der Waals surface area contributed by atoms with E-state index in [0.717, 1.165) is 9.80 Å². The van der Waals surface area contributed by atoms with E-state index >= 15 is 19.2 Å². The molecule has 2 aliphatic rings. The molecule has 0 aromatic heterocycles. The summed E-state index contributed by atoms with van der Waals surface area (Å²) in [6, 6.07) is -13.0. The minimum Gasteiger partial charge on any atom is -0.390 e. The fraction of sp³-hybridized carbons (Fsp3) is 0.765. The topological polar surface area (TPSA) is 342 Å². The van der Waals surface area contributed by atoms with Crippen LogP contribution in [0.1, 0.15) is 175 Å². The van der Waals surface area contributed by atoms with Gasteiger partial charge >= 0.3 is 5.97 Å². The molecule has 2 rings (SSSR count). The maximum atomic E-state index is 15.4. The maximum absolute atomic E-state index is 15.4. The third-order valence-corrected chi connectivity index (χ3v) is 17.7. The standard InChI is InChI=1S/C68H116N12O16/c1-24-46-64(91)73(17)36-53(83)74(18)47(32-37(2)3)61(88)72-55(41(10)11)67(94)75(19)48(33-38(4)5)60(87)69-44(15)59(86)70-45(16)63(90)76(20)49(34-39(6)7)65(92)77(21)50(35-40(8)9)66(93)78(22)56(42(12)13)68(95)79(23)57(62(89)71-46)58(85)43(14)28-26-25-27-29-54(84)96-80-51(81)30-31-52(80)82/h25-26,37-50,55-58,85H,24,27-36H2,1-23H3,(H,69,87)(H,70,86)(H,71,89)(H,72,88)/b26-25+/t43-,44+,45-,46+,47+,48+,49+,50+,55+,56+,57+,58-/m1/s1. The largest absolute Gasteiger partial charge is 0.390 e. The SMILES string of the molecule is CC[C@@H]1NC(=O)[C@H]([C@H](O)[C@H](C)C/C=C/CCC(=O)ON2C(=O)CCC2=O)N(C)C(=O)[C@H](C(C)C)N(C)C(=O)[C@H](CC(C)C)N(C)C(=O)[C@H](CC(C)C)N(C)C(=O)[C@@H](C)NC(=O)[C@H](C)NC(=O)[C@H](CC(C)C)N(C)C(=O)[C@H](C(C)C)NC(=O)[C@H](CC(C)C)N(C)C(=O)CN(C)C1=O. The van der Waals surface area contributed by atoms with Gasteiger partial charge in [-0.15, -0.1) is 5.06 Å². The Morgan fingerprint density at radius 3 is 1.40 bits per heavy atom. The highest BCUT2D eigenvalue weighted by molar-refractivity contribution is 6.02. The molecule has 2 saturated heterocycles. The second-order valence-electron chi connectivity index (χ2n) is 28.6. The van der Waals surface area contributed by atoms with Crippen molar-refractivity contribution in [2.24, 2.45) is 41.4 Å². The zero-order valence-electron chi connectivity index (χ0n) is 61.5. The van der Waals surface area contributed by atoms with Crippen LogP contribution >= 0.6 is 0 Å². The van der Waals surface area contributed by atoms with Gasteiger partial charge < -0.3 is 65.5 Å². The van der Waals surface area contributed by atoms with E-state index in [1.165, 1.54) is 87.7 Å². The van der Waals surface area contributed by atoms with Crippen molar-refractivity contribution in [3.8, 4) is 0 Å². The molecule has 2 heterocycles. The molecule has 0 aromatic carbocycles. The Labute approximate surface area is 569 Å². The molecule has 96 heavy (non-hydrogen) atoms. The highest BCUT2D eigenvalue weighted by Gasteiger charge is 2.46. The molecular formula is C68H116N12O16. The van der Waals surface area contributed by atoms with Gasteiger partial charge in [0.25, 0.3) is 11.8 Å². The van der Waals surface area contributed by atoms with E-state index in [1.807, 2.05) is 55.4 Å². The van der Waals surface area contributed by atoms with Crippen molar-refractivity contribution < 1.29 is 77.1 Å². The summed E-state index contributed by atoms with van der Waals surface area (Å²) >= 11 is 0. The molecular weight excluding hydrogens is 1240 g/mol. The van der Waals surface area contributed by atoms with Gasteiger partial charge in [-0.2, -0.15) is 0 Å². The number of hydroxylamine groups is 2. The number of carbonyl (C=O) groups excluding carboxylic acids is 14. The summed E-state index contributed by atoms with van der Waals surface area (Å²) in [5, 5.41) is 23.7. The Balaban J connectivity index is 2.94. The summed E-state index contributed by atoms with van der Waals surface area (Å²) in [6.07, 6.45) is 1.73. The number of imide groups is 1. The smallest absolute Gasteiger partial charge is 0.333 e. The molecule has 28 heteroatoms. The number of hydrogen-bond donors (Lipinski definition) is 5. The maximum Gasteiger partial charge on any atom is 0.333 e. The predicted molar refractivity (Wildman–Crippen MR) is 359 cm³/mol. The van der Waals surface area contributed by atoms with Crippen LogP contribution in [0.2, 0.25) is 0 Å². The first-order chi connectivity index (χ1) is 44.4. The van der Waals surface area contributed by atoms with Gasteiger partial charge in [0.1, 0.15) is 60.4 Å². The lowest BCUT2D eigenvalue weighted by atomic mass is 9.91. The van der Waals surface area contributed by atoms with Crippen LogP contribution in [0, 0.1) is 41.4 Å². The molecule has 0 radical (unpaired) electrons. The summed E-state index contributed by atoms with van der Waals surface area (Å²) in [7, 11) is 9.65. The highest BCUT2D eigenvalue weighted by atomic mass is 16.7. The van der Waals surface area contributed by atoms with E-state index < -0.39 is 174 Å². The van der Waals surface area contributed by atoms with Gasteiger partial charge in [0.15, 0.2) is 0 Å². The summed E-state index contributed by atoms with van der Waals surface area (Å²) in [5.41, 5.74) is 0. The minimum absolute atomic E-state index is 0.0538. The van der Waals surface area contributed by atoms with Crippen LogP contribution < -0.4 is 21.3 Å². The summed E-state index contributed by atoms with van der Waals surface area (Å²) in [5.74, 6) is -12.9. The van der Waals surface area contributed by atoms with Crippen LogP contribution in [0.15, 0.2) is 12.2 Å². The van der Waals surface area contributed by atoms with Gasteiger partial charge in [0, 0.05) is 62.2 Å². The number of nitrogens with one attached hydrogen (secondary N) is 4. The molecule has 0 aliphatic carbocycles. The van der Waals surface area contributed by atoms with E-state index in [9.17, 15) is 53.1 Å². The average Bonchev–Trinajstić information content (AvgIpc) is 1.01. The molecule has 544 valence electrons. The van der Waals surface area contributed by atoms with Gasteiger partial charge in [-0.3, -0.25) is 62.3 Å². The highest BCUT2D eigenvalue weighted by Crippen LogP contribution is 2.26. The number of hydrogen-bond acceptors (Lipinski definition) is 16. The molecule has 0 unspecified atom stereocenters. The van der Waals surface area contributed by atoms with Gasteiger partial charge in [0.05, 0.1) is 19.1 Å². The van der Waals surface area contributed by atoms with Crippen molar-refractivity contribution in [3.63, 3.8) is 0 Å². The van der Waals surface area contributed by atoms with Crippen LogP contribution in [-0.2, 0) is 72.0 Å². The summed E-state index contributed by atoms with van der Waals surface area (Å²) < 4.78 is 0. The molecule has 0 bridgehead atoms. The summed E-state index contributed by atoms with van der Waals surface area (Å²) in [6.45, 7) is 27.0. The van der Waals surface area contributed by atoms with Crippen LogP contribution in [-0.4, -0.2) is 250 Å². The van der Waals surface area contributed by atoms with Crippen LogP contribution in [0.3, 0.4) is 0 Å². The quantitative estimate of drug-likeness (QED) is 0.0917. The Hall–Kier alpha value is -7.52. The van der Waals surface area contributed by atoms with E-state index in [4.69, 9.17) is 4.84 Å². The lowest BCUT2D eigenvalue weighted by Gasteiger charge is -2.41. The van der Waals surface area contributed by atoms with Crippen molar-refractivity contribution in [2.45, 2.75) is 242 Å². The van der Waals surface area contributed by atoms with Crippen molar-refractivity contribution in [1.29, 1.82) is 0 Å². The summed E-state index contributed by atoms with van der Waals surface area (Å²) in [4.78, 5) is 211. The van der Waals surface area contributed by atoms with Crippen molar-refractivity contribution in [1.82, 2.24) is 60.6 Å². The molecule has 5 N–H and O–H groups in total. The van der Waals surface area contributed by atoms with Gasteiger partial charge in [-0.1, -0.05) is 109 Å². The normalized spacial score (nSPS) is 26.0. The van der Waals surface area contributed by atoms with Crippen LogP contribution in [0.25, 0.3) is 0 Å². The average molecular weight is 1360 g/mol. The molecule has 0 aromatic rings. The molecule has 2 fully saturated rings. The fourth-order valence-corrected chi connectivity index (χ4v) is 11.8. The number of amides is 13. The number of rotatable bonds is 19. The zero-order chi connectivity index (χ0) is 73.8. The van der Waals surface area contributed by atoms with Crippen molar-refractivity contribution >= 4 is 82.8 Å².